The molecule has 0 saturated heterocycles. The van der Waals surface area contributed by atoms with Gasteiger partial charge in [0.1, 0.15) is 18.3 Å². The van der Waals surface area contributed by atoms with Crippen molar-refractivity contribution in [3.63, 3.8) is 0 Å². The number of carbonyl (C=O) groups is 1. The summed E-state index contributed by atoms with van der Waals surface area (Å²) in [7, 11) is 0. The third-order valence-corrected chi connectivity index (χ3v) is 3.19. The molecule has 2 aromatic rings. The summed E-state index contributed by atoms with van der Waals surface area (Å²) in [4.78, 5) is 12.2. The summed E-state index contributed by atoms with van der Waals surface area (Å²) < 4.78 is 5.51. The number of ether oxygens (including phenoxy) is 1. The second kappa shape index (κ2) is 4.65. The van der Waals surface area contributed by atoms with Gasteiger partial charge in [0.2, 0.25) is 5.91 Å². The van der Waals surface area contributed by atoms with Crippen molar-refractivity contribution in [2.45, 2.75) is 5.92 Å². The van der Waals surface area contributed by atoms with Crippen molar-refractivity contribution < 1.29 is 9.53 Å². The third kappa shape index (κ3) is 2.25. The van der Waals surface area contributed by atoms with Crippen molar-refractivity contribution in [1.82, 2.24) is 0 Å². The van der Waals surface area contributed by atoms with Gasteiger partial charge in [0.15, 0.2) is 0 Å². The molecule has 0 aliphatic carbocycles. The highest BCUT2D eigenvalue weighted by atomic mass is 16.5. The average molecular weight is 254 g/mol. The van der Waals surface area contributed by atoms with Crippen LogP contribution in [0.3, 0.4) is 0 Å². The Labute approximate surface area is 111 Å². The minimum absolute atomic E-state index is 0.0604. The highest BCUT2D eigenvalue weighted by Gasteiger charge is 2.29. The average Bonchev–Trinajstić information content (AvgIpc) is 2.85. The van der Waals surface area contributed by atoms with Crippen LogP contribution in [0.15, 0.2) is 48.5 Å². The van der Waals surface area contributed by atoms with Crippen LogP contribution in [0.2, 0.25) is 0 Å². The van der Waals surface area contributed by atoms with E-state index in [0.717, 1.165) is 17.0 Å². The molecule has 3 N–H and O–H groups in total. The van der Waals surface area contributed by atoms with Gasteiger partial charge in [-0.2, -0.15) is 0 Å². The van der Waals surface area contributed by atoms with E-state index < -0.39 is 0 Å². The number of nitrogens with one attached hydrogen (secondary N) is 1. The zero-order valence-corrected chi connectivity index (χ0v) is 10.3. The molecule has 19 heavy (non-hydrogen) atoms. The van der Waals surface area contributed by atoms with Crippen molar-refractivity contribution >= 4 is 17.3 Å². The molecule has 0 radical (unpaired) electrons. The van der Waals surface area contributed by atoms with Crippen molar-refractivity contribution in [2.24, 2.45) is 0 Å². The molecule has 2 aromatic carbocycles. The Kier molecular flexibility index (Phi) is 2.83. The Morgan fingerprint density at radius 2 is 1.89 bits per heavy atom. The predicted molar refractivity (Wildman–Crippen MR) is 74.2 cm³/mol. The molecule has 1 amide bonds. The normalized spacial score (nSPS) is 16.5. The quantitative estimate of drug-likeness (QED) is 0.809. The van der Waals surface area contributed by atoms with Crippen molar-refractivity contribution in [2.75, 3.05) is 17.7 Å². The van der Waals surface area contributed by atoms with E-state index in [1.54, 1.807) is 24.3 Å². The van der Waals surface area contributed by atoms with Crippen molar-refractivity contribution in [3.05, 3.63) is 54.1 Å². The van der Waals surface area contributed by atoms with E-state index in [4.69, 9.17) is 10.5 Å². The van der Waals surface area contributed by atoms with E-state index in [0.29, 0.717) is 12.3 Å². The number of rotatable bonds is 2. The molecule has 0 fully saturated rings. The number of fused-ring (bicyclic) bond motifs is 1. The Morgan fingerprint density at radius 3 is 2.68 bits per heavy atom. The standard InChI is InChI=1S/C15H14N2O2/c16-10-5-7-11(8-6-10)17-15(18)13-9-19-14-4-2-1-3-12(13)14/h1-8,13H,9,16H2,(H,17,18). The van der Waals surface area contributed by atoms with Gasteiger partial charge in [-0.25, -0.2) is 0 Å². The molecule has 3 rings (SSSR count). The number of nitrogen functional groups attached to an aromatic ring is 1. The molecular weight excluding hydrogens is 240 g/mol. The molecule has 4 nitrogen and oxygen atoms in total. The summed E-state index contributed by atoms with van der Waals surface area (Å²) in [5, 5.41) is 2.88. The lowest BCUT2D eigenvalue weighted by Gasteiger charge is -2.10. The molecule has 4 heteroatoms. The minimum Gasteiger partial charge on any atom is -0.492 e. The summed E-state index contributed by atoms with van der Waals surface area (Å²) in [5.41, 5.74) is 7.96. The number of anilines is 2. The van der Waals surface area contributed by atoms with Crippen LogP contribution < -0.4 is 15.8 Å². The second-order valence-corrected chi connectivity index (χ2v) is 4.51. The number of amides is 1. The Hall–Kier alpha value is -2.49. The maximum atomic E-state index is 12.2. The van der Waals surface area contributed by atoms with Crippen LogP contribution in [-0.4, -0.2) is 12.5 Å². The predicted octanol–water partition coefficient (Wildman–Crippen LogP) is 2.38. The first-order valence-electron chi connectivity index (χ1n) is 6.12. The van der Waals surface area contributed by atoms with Crippen LogP contribution in [-0.2, 0) is 4.79 Å². The first kappa shape index (κ1) is 11.6. The Bertz CT molecular complexity index is 608. The number of hydrogen-bond acceptors (Lipinski definition) is 3. The van der Waals surface area contributed by atoms with Crippen LogP contribution in [0, 0.1) is 0 Å². The molecule has 1 atom stereocenters. The van der Waals surface area contributed by atoms with Gasteiger partial charge >= 0.3 is 0 Å². The molecule has 1 aliphatic rings. The van der Waals surface area contributed by atoms with Gasteiger partial charge in [0.25, 0.3) is 0 Å². The summed E-state index contributed by atoms with van der Waals surface area (Å²) in [6.07, 6.45) is 0. The third-order valence-electron chi connectivity index (χ3n) is 3.19. The van der Waals surface area contributed by atoms with Gasteiger partial charge in [-0.15, -0.1) is 0 Å². The van der Waals surface area contributed by atoms with Gasteiger partial charge in [-0.05, 0) is 30.3 Å². The van der Waals surface area contributed by atoms with Gasteiger partial charge in [0.05, 0.1) is 0 Å². The molecule has 96 valence electrons. The fraction of sp³-hybridized carbons (Fsp3) is 0.133. The lowest BCUT2D eigenvalue weighted by molar-refractivity contribution is -0.117. The lowest BCUT2D eigenvalue weighted by atomic mass is 10.0. The SMILES string of the molecule is Nc1ccc(NC(=O)C2COc3ccccc32)cc1. The first-order chi connectivity index (χ1) is 9.24. The Morgan fingerprint density at radius 1 is 1.16 bits per heavy atom. The van der Waals surface area contributed by atoms with E-state index in [2.05, 4.69) is 5.32 Å². The molecule has 0 aromatic heterocycles. The smallest absolute Gasteiger partial charge is 0.235 e. The number of carbonyl (C=O) groups excluding carboxylic acids is 1. The molecule has 0 spiro atoms. The van der Waals surface area contributed by atoms with E-state index in [1.807, 2.05) is 24.3 Å². The number of hydrogen-bond donors (Lipinski definition) is 2. The molecule has 0 saturated carbocycles. The highest BCUT2D eigenvalue weighted by Crippen LogP contribution is 2.34. The maximum absolute atomic E-state index is 12.2. The topological polar surface area (TPSA) is 64.3 Å². The summed E-state index contributed by atoms with van der Waals surface area (Å²) in [5.74, 6) is 0.475. The largest absolute Gasteiger partial charge is 0.492 e. The molecule has 1 heterocycles. The molecule has 1 unspecified atom stereocenters. The van der Waals surface area contributed by atoms with Crippen molar-refractivity contribution in [3.8, 4) is 5.75 Å². The van der Waals surface area contributed by atoms with E-state index in [-0.39, 0.29) is 11.8 Å². The van der Waals surface area contributed by atoms with E-state index in [9.17, 15) is 4.79 Å². The fourth-order valence-electron chi connectivity index (χ4n) is 2.18. The maximum Gasteiger partial charge on any atom is 0.235 e. The van der Waals surface area contributed by atoms with Gasteiger partial charge in [-0.3, -0.25) is 4.79 Å². The highest BCUT2D eigenvalue weighted by molar-refractivity contribution is 5.97. The molecule has 1 aliphatic heterocycles. The van der Waals surface area contributed by atoms with Crippen molar-refractivity contribution in [1.29, 1.82) is 0 Å². The Balaban J connectivity index is 1.77. The van der Waals surface area contributed by atoms with Crippen LogP contribution >= 0.6 is 0 Å². The summed E-state index contributed by atoms with van der Waals surface area (Å²) in [6, 6.07) is 14.7. The van der Waals surface area contributed by atoms with E-state index >= 15 is 0 Å². The second-order valence-electron chi connectivity index (χ2n) is 4.51. The number of benzene rings is 2. The van der Waals surface area contributed by atoms with Crippen LogP contribution in [0.5, 0.6) is 5.75 Å². The zero-order valence-electron chi connectivity index (χ0n) is 10.3. The van der Waals surface area contributed by atoms with E-state index in [1.165, 1.54) is 0 Å². The van der Waals surface area contributed by atoms with Crippen LogP contribution in [0.25, 0.3) is 0 Å². The minimum atomic E-state index is -0.256. The zero-order chi connectivity index (χ0) is 13.2. The van der Waals surface area contributed by atoms with Crippen LogP contribution in [0.4, 0.5) is 11.4 Å². The van der Waals surface area contributed by atoms with Gasteiger partial charge in [-0.1, -0.05) is 18.2 Å². The summed E-state index contributed by atoms with van der Waals surface area (Å²) in [6.45, 7) is 0.389. The number of nitrogens with two attached hydrogens (primary N) is 1. The monoisotopic (exact) mass is 254 g/mol. The summed E-state index contributed by atoms with van der Waals surface area (Å²) >= 11 is 0. The molecular formula is C15H14N2O2. The fourth-order valence-corrected chi connectivity index (χ4v) is 2.18. The number of para-hydroxylation sites is 1. The van der Waals surface area contributed by atoms with Crippen LogP contribution in [0.1, 0.15) is 11.5 Å². The lowest BCUT2D eigenvalue weighted by Crippen LogP contribution is -2.22. The first-order valence-corrected chi connectivity index (χ1v) is 6.12. The van der Waals surface area contributed by atoms with Gasteiger partial charge < -0.3 is 15.8 Å². The van der Waals surface area contributed by atoms with Gasteiger partial charge in [0, 0.05) is 16.9 Å². The molecule has 0 bridgehead atoms.